The highest BCUT2D eigenvalue weighted by Crippen LogP contribution is 2.13. The molecular weight excluding hydrogens is 107 g/mol. The molecule has 1 nitrogen and oxygen atoms in total. The van der Waals surface area contributed by atoms with Crippen LogP contribution in [0.4, 0.5) is 13.2 Å². The van der Waals surface area contributed by atoms with Gasteiger partial charge in [-0.3, -0.25) is 0 Å². The van der Waals surface area contributed by atoms with E-state index in [-0.39, 0.29) is 0 Å². The molecule has 4 heteroatoms. The molecule has 0 aliphatic heterocycles. The van der Waals surface area contributed by atoms with Crippen LogP contribution in [0.2, 0.25) is 0 Å². The molecule has 0 atom stereocenters. The second kappa shape index (κ2) is 1.80. The van der Waals surface area contributed by atoms with E-state index in [0.29, 0.717) is 0 Å². The molecule has 0 heterocycles. The molecule has 0 aromatic rings. The number of alkyl halides is 3. The first-order valence-corrected chi connectivity index (χ1v) is 1.37. The molecule has 0 aliphatic carbocycles. The SMILES string of the molecule is C=C=NC(F)(F)F. The van der Waals surface area contributed by atoms with E-state index in [1.54, 1.807) is 0 Å². The van der Waals surface area contributed by atoms with Crippen LogP contribution in [0.5, 0.6) is 0 Å². The van der Waals surface area contributed by atoms with Crippen LogP contribution in [0, 0.1) is 0 Å². The van der Waals surface area contributed by atoms with E-state index in [2.05, 4.69) is 6.58 Å². The van der Waals surface area contributed by atoms with Crippen molar-refractivity contribution < 1.29 is 13.2 Å². The first kappa shape index (κ1) is 6.24. The van der Waals surface area contributed by atoms with Gasteiger partial charge in [0.05, 0.1) is 0 Å². The number of hydrogen-bond donors (Lipinski definition) is 0. The molecule has 0 unspecified atom stereocenters. The highest BCUT2D eigenvalue weighted by atomic mass is 19.4. The Morgan fingerprint density at radius 3 is 1.86 bits per heavy atom. The molecule has 0 aromatic heterocycles. The fourth-order valence-electron chi connectivity index (χ4n) is 0.0896. The van der Waals surface area contributed by atoms with Gasteiger partial charge in [0.25, 0.3) is 0 Å². The van der Waals surface area contributed by atoms with Crippen LogP contribution < -0.4 is 0 Å². The number of rotatable bonds is 0. The largest absolute Gasteiger partial charge is 0.511 e. The molecule has 0 fully saturated rings. The highest BCUT2D eigenvalue weighted by Gasteiger charge is 2.24. The molecule has 0 aliphatic rings. The molecule has 0 saturated carbocycles. The van der Waals surface area contributed by atoms with Crippen LogP contribution in [-0.2, 0) is 0 Å². The summed E-state index contributed by atoms with van der Waals surface area (Å²) in [4.78, 5) is 1.90. The summed E-state index contributed by atoms with van der Waals surface area (Å²) >= 11 is 0. The van der Waals surface area contributed by atoms with E-state index in [1.807, 2.05) is 4.99 Å². The van der Waals surface area contributed by atoms with Crippen molar-refractivity contribution >= 4 is 5.87 Å². The van der Waals surface area contributed by atoms with Crippen molar-refractivity contribution in [3.8, 4) is 0 Å². The van der Waals surface area contributed by atoms with Gasteiger partial charge in [0, 0.05) is 0 Å². The highest BCUT2D eigenvalue weighted by molar-refractivity contribution is 5.46. The van der Waals surface area contributed by atoms with Gasteiger partial charge >= 0.3 is 6.30 Å². The number of aliphatic imine (C=N–C) groups is 1. The lowest BCUT2D eigenvalue weighted by Gasteiger charge is -1.90. The van der Waals surface area contributed by atoms with E-state index in [1.165, 1.54) is 5.87 Å². The van der Waals surface area contributed by atoms with Gasteiger partial charge in [-0.05, 0) is 12.4 Å². The van der Waals surface area contributed by atoms with E-state index < -0.39 is 6.30 Å². The molecule has 0 N–H and O–H groups in total. The molecule has 0 radical (unpaired) electrons. The Morgan fingerprint density at radius 2 is 1.86 bits per heavy atom. The van der Waals surface area contributed by atoms with E-state index >= 15 is 0 Å². The summed E-state index contributed by atoms with van der Waals surface area (Å²) in [5.74, 6) is 1.36. The minimum Gasteiger partial charge on any atom is -0.148 e. The molecule has 0 saturated heterocycles. The zero-order chi connectivity index (χ0) is 5.91. The van der Waals surface area contributed by atoms with Crippen molar-refractivity contribution in [2.75, 3.05) is 0 Å². The van der Waals surface area contributed by atoms with Crippen molar-refractivity contribution in [1.29, 1.82) is 0 Å². The average Bonchev–Trinajstić information content (AvgIpc) is 1.30. The maximum Gasteiger partial charge on any atom is 0.511 e. The van der Waals surface area contributed by atoms with Crippen molar-refractivity contribution in [2.45, 2.75) is 6.30 Å². The van der Waals surface area contributed by atoms with Gasteiger partial charge in [-0.2, -0.15) is 0 Å². The molecule has 0 rings (SSSR count). The number of halogens is 3. The minimum absolute atomic E-state index is 1.36. The predicted molar refractivity (Wildman–Crippen MR) is 19.1 cm³/mol. The summed E-state index contributed by atoms with van der Waals surface area (Å²) < 4.78 is 32.4. The lowest BCUT2D eigenvalue weighted by atomic mass is 11.1. The van der Waals surface area contributed by atoms with E-state index in [4.69, 9.17) is 0 Å². The lowest BCUT2D eigenvalue weighted by Crippen LogP contribution is -1.99. The zero-order valence-electron chi connectivity index (χ0n) is 3.29. The molecule has 0 aromatic carbocycles. The van der Waals surface area contributed by atoms with Gasteiger partial charge in [-0.1, -0.05) is 0 Å². The van der Waals surface area contributed by atoms with Crippen LogP contribution in [0.1, 0.15) is 0 Å². The fourth-order valence-corrected chi connectivity index (χ4v) is 0.0896. The van der Waals surface area contributed by atoms with E-state index in [0.717, 1.165) is 0 Å². The standard InChI is InChI=1S/C3H2F3N/c1-2-7-3(4,5)6/h1H2. The normalized spacial score (nSPS) is 10.1. The summed E-state index contributed by atoms with van der Waals surface area (Å²) in [5, 5.41) is 0. The minimum atomic E-state index is -4.50. The van der Waals surface area contributed by atoms with Crippen LogP contribution in [0.15, 0.2) is 11.6 Å². The third kappa shape index (κ3) is 5.24. The third-order valence-corrected chi connectivity index (χ3v) is 0.206. The Labute approximate surface area is 38.2 Å². The average molecular weight is 109 g/mol. The summed E-state index contributed by atoms with van der Waals surface area (Å²) in [7, 11) is 0. The zero-order valence-corrected chi connectivity index (χ0v) is 3.29. The Bertz CT molecular complexity index is 97.2. The monoisotopic (exact) mass is 109 g/mol. The van der Waals surface area contributed by atoms with E-state index in [9.17, 15) is 13.2 Å². The Morgan fingerprint density at radius 1 is 1.43 bits per heavy atom. The maximum atomic E-state index is 10.8. The Kier molecular flexibility index (Phi) is 1.60. The van der Waals surface area contributed by atoms with Crippen LogP contribution >= 0.6 is 0 Å². The molecular formula is C3H2F3N. The fraction of sp³-hybridized carbons (Fsp3) is 0.333. The van der Waals surface area contributed by atoms with Crippen molar-refractivity contribution in [3.63, 3.8) is 0 Å². The summed E-state index contributed by atoms with van der Waals surface area (Å²) in [5.41, 5.74) is 0. The van der Waals surface area contributed by atoms with Gasteiger partial charge < -0.3 is 0 Å². The molecule has 0 amide bonds. The lowest BCUT2D eigenvalue weighted by molar-refractivity contribution is -0.118. The summed E-state index contributed by atoms with van der Waals surface area (Å²) in [6, 6.07) is 0. The Balaban J connectivity index is 3.80. The Hall–Kier alpha value is -0.760. The second-order valence-electron chi connectivity index (χ2n) is 0.738. The van der Waals surface area contributed by atoms with Gasteiger partial charge in [0.1, 0.15) is 0 Å². The van der Waals surface area contributed by atoms with Crippen molar-refractivity contribution in [2.24, 2.45) is 4.99 Å². The third-order valence-electron chi connectivity index (χ3n) is 0.206. The van der Waals surface area contributed by atoms with Crippen molar-refractivity contribution in [3.05, 3.63) is 6.58 Å². The maximum absolute atomic E-state index is 10.8. The topological polar surface area (TPSA) is 12.4 Å². The quantitative estimate of drug-likeness (QED) is 0.329. The second-order valence-corrected chi connectivity index (χ2v) is 0.738. The predicted octanol–water partition coefficient (Wildman–Crippen LogP) is 1.36. The summed E-state index contributed by atoms with van der Waals surface area (Å²) in [6.07, 6.45) is -4.50. The van der Waals surface area contributed by atoms with Crippen LogP contribution in [-0.4, -0.2) is 12.2 Å². The van der Waals surface area contributed by atoms with Crippen LogP contribution in [0.25, 0.3) is 0 Å². The first-order chi connectivity index (χ1) is 3.06. The van der Waals surface area contributed by atoms with Gasteiger partial charge in [0.2, 0.25) is 0 Å². The van der Waals surface area contributed by atoms with Gasteiger partial charge in [-0.15, -0.1) is 18.2 Å². The van der Waals surface area contributed by atoms with Crippen LogP contribution in [0.3, 0.4) is 0 Å². The van der Waals surface area contributed by atoms with Gasteiger partial charge in [-0.25, -0.2) is 0 Å². The molecule has 7 heavy (non-hydrogen) atoms. The van der Waals surface area contributed by atoms with Crippen molar-refractivity contribution in [1.82, 2.24) is 0 Å². The smallest absolute Gasteiger partial charge is 0.148 e. The number of nitrogens with zero attached hydrogens (tertiary/aromatic N) is 1. The molecule has 0 bridgehead atoms. The first-order valence-electron chi connectivity index (χ1n) is 1.37. The summed E-state index contributed by atoms with van der Waals surface area (Å²) in [6.45, 7) is 2.63. The van der Waals surface area contributed by atoms with Gasteiger partial charge in [0.15, 0.2) is 0 Å². The molecule has 40 valence electrons. The number of hydrogen-bond acceptors (Lipinski definition) is 1. The molecule has 0 spiro atoms.